The standard InChI is InChI=1S/C13H12O2S/c14-13(10-5-6-15-8-10)12-7-9-3-1-2-4-11(9)16-12/h5-8H,1-4H2. The van der Waals surface area contributed by atoms with Crippen LogP contribution < -0.4 is 0 Å². The first-order valence-corrected chi connectivity index (χ1v) is 6.35. The fraction of sp³-hybridized carbons (Fsp3) is 0.308. The second-order valence-electron chi connectivity index (χ2n) is 4.11. The minimum atomic E-state index is 0.0909. The van der Waals surface area contributed by atoms with Gasteiger partial charge in [0.15, 0.2) is 0 Å². The van der Waals surface area contributed by atoms with Gasteiger partial charge in [0, 0.05) is 4.88 Å². The maximum Gasteiger partial charge on any atom is 0.206 e. The third-order valence-electron chi connectivity index (χ3n) is 3.00. The lowest BCUT2D eigenvalue weighted by molar-refractivity contribution is 0.104. The van der Waals surface area contributed by atoms with Crippen molar-refractivity contribution in [1.29, 1.82) is 0 Å². The van der Waals surface area contributed by atoms with Crippen LogP contribution in [0.2, 0.25) is 0 Å². The van der Waals surface area contributed by atoms with Crippen LogP contribution in [-0.4, -0.2) is 5.78 Å². The van der Waals surface area contributed by atoms with Crippen molar-refractivity contribution in [2.75, 3.05) is 0 Å². The first-order chi connectivity index (χ1) is 7.84. The maximum atomic E-state index is 12.1. The largest absolute Gasteiger partial charge is 0.472 e. The molecule has 0 spiro atoms. The third kappa shape index (κ3) is 1.61. The summed E-state index contributed by atoms with van der Waals surface area (Å²) in [7, 11) is 0. The molecule has 0 unspecified atom stereocenters. The lowest BCUT2D eigenvalue weighted by Gasteiger charge is -2.08. The quantitative estimate of drug-likeness (QED) is 0.742. The van der Waals surface area contributed by atoms with Gasteiger partial charge in [-0.05, 0) is 43.4 Å². The highest BCUT2D eigenvalue weighted by molar-refractivity contribution is 7.14. The van der Waals surface area contributed by atoms with Crippen LogP contribution in [0.1, 0.15) is 38.5 Å². The van der Waals surface area contributed by atoms with Gasteiger partial charge in [0.2, 0.25) is 5.78 Å². The number of hydrogen-bond donors (Lipinski definition) is 0. The molecule has 0 saturated heterocycles. The molecule has 0 radical (unpaired) electrons. The van der Waals surface area contributed by atoms with E-state index in [1.165, 1.54) is 29.5 Å². The summed E-state index contributed by atoms with van der Waals surface area (Å²) in [5.74, 6) is 0.0909. The van der Waals surface area contributed by atoms with Crippen molar-refractivity contribution in [2.24, 2.45) is 0 Å². The second kappa shape index (κ2) is 3.91. The van der Waals surface area contributed by atoms with Crippen LogP contribution in [0.5, 0.6) is 0 Å². The molecular weight excluding hydrogens is 220 g/mol. The molecule has 0 aromatic carbocycles. The highest BCUT2D eigenvalue weighted by Gasteiger charge is 2.18. The minimum absolute atomic E-state index is 0.0909. The Kier molecular flexibility index (Phi) is 2.40. The number of furan rings is 1. The van der Waals surface area contributed by atoms with Gasteiger partial charge in [0.25, 0.3) is 0 Å². The monoisotopic (exact) mass is 232 g/mol. The molecule has 16 heavy (non-hydrogen) atoms. The van der Waals surface area contributed by atoms with Crippen molar-refractivity contribution in [1.82, 2.24) is 0 Å². The van der Waals surface area contributed by atoms with Crippen molar-refractivity contribution >= 4 is 17.1 Å². The summed E-state index contributed by atoms with van der Waals surface area (Å²) >= 11 is 1.65. The zero-order valence-corrected chi connectivity index (χ0v) is 9.68. The Labute approximate surface area is 97.9 Å². The second-order valence-corrected chi connectivity index (χ2v) is 5.24. The fourth-order valence-corrected chi connectivity index (χ4v) is 3.35. The molecule has 2 nitrogen and oxygen atoms in total. The molecule has 82 valence electrons. The van der Waals surface area contributed by atoms with Gasteiger partial charge in [-0.2, -0.15) is 0 Å². The average Bonchev–Trinajstić information content (AvgIpc) is 2.97. The van der Waals surface area contributed by atoms with Crippen LogP contribution in [0.25, 0.3) is 0 Å². The SMILES string of the molecule is O=C(c1ccoc1)c1cc2c(s1)CCCC2. The number of ketones is 1. The minimum Gasteiger partial charge on any atom is -0.472 e. The summed E-state index contributed by atoms with van der Waals surface area (Å²) < 4.78 is 4.94. The van der Waals surface area contributed by atoms with E-state index >= 15 is 0 Å². The smallest absolute Gasteiger partial charge is 0.206 e. The first kappa shape index (κ1) is 9.85. The van der Waals surface area contributed by atoms with E-state index in [2.05, 4.69) is 6.07 Å². The van der Waals surface area contributed by atoms with Crippen molar-refractivity contribution in [3.63, 3.8) is 0 Å². The zero-order chi connectivity index (χ0) is 11.0. The van der Waals surface area contributed by atoms with E-state index in [0.717, 1.165) is 17.7 Å². The normalized spacial score (nSPS) is 14.8. The van der Waals surface area contributed by atoms with Gasteiger partial charge in [0.05, 0.1) is 16.7 Å². The Bertz CT molecular complexity index is 485. The molecule has 0 bridgehead atoms. The van der Waals surface area contributed by atoms with E-state index in [4.69, 9.17) is 4.42 Å². The number of carbonyl (C=O) groups is 1. The van der Waals surface area contributed by atoms with Gasteiger partial charge in [0.1, 0.15) is 6.26 Å². The van der Waals surface area contributed by atoms with Gasteiger partial charge < -0.3 is 4.42 Å². The molecule has 1 aliphatic carbocycles. The molecule has 2 heterocycles. The van der Waals surface area contributed by atoms with Crippen molar-refractivity contribution < 1.29 is 9.21 Å². The lowest BCUT2D eigenvalue weighted by atomic mass is 9.99. The molecule has 0 amide bonds. The molecule has 0 aliphatic heterocycles. The van der Waals surface area contributed by atoms with Gasteiger partial charge >= 0.3 is 0 Å². The summed E-state index contributed by atoms with van der Waals surface area (Å²) in [5, 5.41) is 0. The van der Waals surface area contributed by atoms with Crippen LogP contribution in [0.15, 0.2) is 29.1 Å². The fourth-order valence-electron chi connectivity index (χ4n) is 2.14. The Balaban J connectivity index is 1.95. The summed E-state index contributed by atoms with van der Waals surface area (Å²) in [6, 6.07) is 3.79. The van der Waals surface area contributed by atoms with Gasteiger partial charge in [-0.15, -0.1) is 11.3 Å². The number of carbonyl (C=O) groups excluding carboxylic acids is 1. The molecule has 3 rings (SSSR count). The van der Waals surface area contributed by atoms with Crippen LogP contribution >= 0.6 is 11.3 Å². The number of rotatable bonds is 2. The molecular formula is C13H12O2S. The van der Waals surface area contributed by atoms with Crippen LogP contribution in [0.4, 0.5) is 0 Å². The number of fused-ring (bicyclic) bond motifs is 1. The summed E-state index contributed by atoms with van der Waals surface area (Å²) in [5.41, 5.74) is 2.03. The number of thiophene rings is 1. The Morgan fingerprint density at radius 3 is 2.94 bits per heavy atom. The van der Waals surface area contributed by atoms with E-state index in [1.54, 1.807) is 23.7 Å². The van der Waals surface area contributed by atoms with Crippen molar-refractivity contribution in [2.45, 2.75) is 25.7 Å². The average molecular weight is 232 g/mol. The number of aryl methyl sites for hydroxylation is 2. The molecule has 1 aliphatic rings. The summed E-state index contributed by atoms with van der Waals surface area (Å²) in [6.45, 7) is 0. The van der Waals surface area contributed by atoms with E-state index in [0.29, 0.717) is 5.56 Å². The predicted octanol–water partition coefficient (Wildman–Crippen LogP) is 3.45. The Morgan fingerprint density at radius 2 is 2.19 bits per heavy atom. The number of hydrogen-bond acceptors (Lipinski definition) is 3. The summed E-state index contributed by atoms with van der Waals surface area (Å²) in [6.07, 6.45) is 7.83. The topological polar surface area (TPSA) is 30.2 Å². The zero-order valence-electron chi connectivity index (χ0n) is 8.86. The Hall–Kier alpha value is -1.35. The molecule has 0 fully saturated rings. The highest BCUT2D eigenvalue weighted by atomic mass is 32.1. The van der Waals surface area contributed by atoms with E-state index in [9.17, 15) is 4.79 Å². The van der Waals surface area contributed by atoms with Gasteiger partial charge in [-0.25, -0.2) is 0 Å². The van der Waals surface area contributed by atoms with Gasteiger partial charge in [-0.1, -0.05) is 0 Å². The van der Waals surface area contributed by atoms with Crippen LogP contribution in [0, 0.1) is 0 Å². The highest BCUT2D eigenvalue weighted by Crippen LogP contribution is 2.30. The van der Waals surface area contributed by atoms with Crippen molar-refractivity contribution in [3.05, 3.63) is 45.5 Å². The molecule has 3 heteroatoms. The first-order valence-electron chi connectivity index (χ1n) is 5.53. The lowest BCUT2D eigenvalue weighted by Crippen LogP contribution is -1.97. The third-order valence-corrected chi connectivity index (χ3v) is 4.24. The molecule has 2 aromatic heterocycles. The molecule has 0 saturated carbocycles. The van der Waals surface area contributed by atoms with Crippen LogP contribution in [0.3, 0.4) is 0 Å². The Morgan fingerprint density at radius 1 is 1.31 bits per heavy atom. The molecule has 0 N–H and O–H groups in total. The maximum absolute atomic E-state index is 12.1. The van der Waals surface area contributed by atoms with Crippen LogP contribution in [-0.2, 0) is 12.8 Å². The van der Waals surface area contributed by atoms with E-state index in [-0.39, 0.29) is 5.78 Å². The molecule has 0 atom stereocenters. The van der Waals surface area contributed by atoms with E-state index in [1.807, 2.05) is 0 Å². The predicted molar refractivity (Wildman–Crippen MR) is 63.1 cm³/mol. The molecule has 2 aromatic rings. The van der Waals surface area contributed by atoms with E-state index < -0.39 is 0 Å². The summed E-state index contributed by atoms with van der Waals surface area (Å²) in [4.78, 5) is 14.3. The van der Waals surface area contributed by atoms with Gasteiger partial charge in [-0.3, -0.25) is 4.79 Å². The van der Waals surface area contributed by atoms with Crippen molar-refractivity contribution in [3.8, 4) is 0 Å².